The van der Waals surface area contributed by atoms with Gasteiger partial charge in [0.05, 0.1) is 11.6 Å². The van der Waals surface area contributed by atoms with E-state index in [0.29, 0.717) is 6.04 Å². The van der Waals surface area contributed by atoms with Crippen LogP contribution in [0.5, 0.6) is 5.75 Å². The molecule has 20 heavy (non-hydrogen) atoms. The highest BCUT2D eigenvalue weighted by atomic mass is 79.9. The van der Waals surface area contributed by atoms with Gasteiger partial charge in [-0.15, -0.1) is 0 Å². The second kappa shape index (κ2) is 7.32. The molecule has 0 amide bonds. The molecular formula is C16H25BrN2O. The smallest absolute Gasteiger partial charge is 0.133 e. The second-order valence-electron chi connectivity index (χ2n) is 5.90. The number of hydrogen-bond acceptors (Lipinski definition) is 3. The molecule has 0 aliphatic carbocycles. The summed E-state index contributed by atoms with van der Waals surface area (Å²) in [5, 5.41) is 3.67. The number of nitrogens with zero attached hydrogens (tertiary/aromatic N) is 1. The Hall–Kier alpha value is -0.740. The molecule has 1 aromatic carbocycles. The van der Waals surface area contributed by atoms with E-state index >= 15 is 0 Å². The number of methoxy groups -OCH3 is 1. The minimum absolute atomic E-state index is 0.582. The SMILES string of the molecule is COc1ccc(N2CCCNC(CC(C)C)C2)cc1Br. The van der Waals surface area contributed by atoms with Crippen LogP contribution in [0.3, 0.4) is 0 Å². The lowest BCUT2D eigenvalue weighted by Gasteiger charge is -2.27. The van der Waals surface area contributed by atoms with Gasteiger partial charge in [0.2, 0.25) is 0 Å². The van der Waals surface area contributed by atoms with Gasteiger partial charge in [-0.1, -0.05) is 13.8 Å². The first kappa shape index (κ1) is 15.6. The lowest BCUT2D eigenvalue weighted by Crippen LogP contribution is -2.38. The molecule has 1 N–H and O–H groups in total. The highest BCUT2D eigenvalue weighted by molar-refractivity contribution is 9.10. The lowest BCUT2D eigenvalue weighted by molar-refractivity contribution is 0.412. The van der Waals surface area contributed by atoms with Crippen LogP contribution in [0, 0.1) is 5.92 Å². The predicted octanol–water partition coefficient (Wildman–Crippen LogP) is 3.67. The second-order valence-corrected chi connectivity index (χ2v) is 6.75. The summed E-state index contributed by atoms with van der Waals surface area (Å²) >= 11 is 3.58. The van der Waals surface area contributed by atoms with Gasteiger partial charge < -0.3 is 15.0 Å². The number of halogens is 1. The molecular weight excluding hydrogens is 316 g/mol. The molecule has 4 heteroatoms. The van der Waals surface area contributed by atoms with Crippen LogP contribution in [0.15, 0.2) is 22.7 Å². The normalized spacial score (nSPS) is 20.1. The van der Waals surface area contributed by atoms with Crippen molar-refractivity contribution in [3.63, 3.8) is 0 Å². The minimum Gasteiger partial charge on any atom is -0.496 e. The van der Waals surface area contributed by atoms with Crippen molar-refractivity contribution >= 4 is 21.6 Å². The van der Waals surface area contributed by atoms with E-state index in [1.54, 1.807) is 7.11 Å². The third-order valence-corrected chi connectivity index (χ3v) is 4.35. The zero-order valence-electron chi connectivity index (χ0n) is 12.7. The summed E-state index contributed by atoms with van der Waals surface area (Å²) in [6.45, 7) is 7.89. The van der Waals surface area contributed by atoms with Crippen molar-refractivity contribution in [1.29, 1.82) is 0 Å². The number of rotatable bonds is 4. The fourth-order valence-electron chi connectivity index (χ4n) is 2.81. The fraction of sp³-hybridized carbons (Fsp3) is 0.625. The molecule has 1 aromatic rings. The maximum absolute atomic E-state index is 5.31. The maximum atomic E-state index is 5.31. The van der Waals surface area contributed by atoms with Gasteiger partial charge in [0.15, 0.2) is 0 Å². The largest absolute Gasteiger partial charge is 0.496 e. The summed E-state index contributed by atoms with van der Waals surface area (Å²) < 4.78 is 6.33. The summed E-state index contributed by atoms with van der Waals surface area (Å²) in [6, 6.07) is 6.94. The fourth-order valence-corrected chi connectivity index (χ4v) is 3.34. The van der Waals surface area contributed by atoms with Crippen LogP contribution >= 0.6 is 15.9 Å². The molecule has 1 aliphatic heterocycles. The van der Waals surface area contributed by atoms with Gasteiger partial charge in [-0.25, -0.2) is 0 Å². The quantitative estimate of drug-likeness (QED) is 0.904. The molecule has 3 nitrogen and oxygen atoms in total. The van der Waals surface area contributed by atoms with Crippen molar-refractivity contribution in [2.24, 2.45) is 5.92 Å². The van der Waals surface area contributed by atoms with Gasteiger partial charge in [0.25, 0.3) is 0 Å². The summed E-state index contributed by atoms with van der Waals surface area (Å²) in [4.78, 5) is 2.48. The van der Waals surface area contributed by atoms with Crippen molar-refractivity contribution in [3.8, 4) is 5.75 Å². The lowest BCUT2D eigenvalue weighted by atomic mass is 10.0. The van der Waals surface area contributed by atoms with Gasteiger partial charge in [-0.05, 0) is 59.4 Å². The molecule has 1 heterocycles. The van der Waals surface area contributed by atoms with E-state index in [9.17, 15) is 0 Å². The minimum atomic E-state index is 0.582. The third kappa shape index (κ3) is 4.13. The molecule has 112 valence electrons. The highest BCUT2D eigenvalue weighted by Gasteiger charge is 2.19. The first-order valence-electron chi connectivity index (χ1n) is 7.42. The molecule has 1 fully saturated rings. The first-order chi connectivity index (χ1) is 9.60. The molecule has 1 saturated heterocycles. The van der Waals surface area contributed by atoms with Crippen LogP contribution in [-0.2, 0) is 0 Å². The predicted molar refractivity (Wildman–Crippen MR) is 88.8 cm³/mol. The van der Waals surface area contributed by atoms with Gasteiger partial charge in [0.1, 0.15) is 5.75 Å². The van der Waals surface area contributed by atoms with Gasteiger partial charge in [-0.3, -0.25) is 0 Å². The molecule has 1 unspecified atom stereocenters. The van der Waals surface area contributed by atoms with Crippen molar-refractivity contribution in [2.45, 2.75) is 32.7 Å². The summed E-state index contributed by atoms with van der Waals surface area (Å²) in [5.74, 6) is 1.62. The Kier molecular flexibility index (Phi) is 5.73. The van der Waals surface area contributed by atoms with Crippen LogP contribution in [0.1, 0.15) is 26.7 Å². The zero-order valence-corrected chi connectivity index (χ0v) is 14.2. The maximum Gasteiger partial charge on any atom is 0.133 e. The topological polar surface area (TPSA) is 24.5 Å². The number of anilines is 1. The molecule has 0 aromatic heterocycles. The van der Waals surface area contributed by atoms with Crippen LogP contribution in [0.2, 0.25) is 0 Å². The van der Waals surface area contributed by atoms with Gasteiger partial charge in [-0.2, -0.15) is 0 Å². The van der Waals surface area contributed by atoms with E-state index in [1.165, 1.54) is 18.5 Å². The molecule has 0 radical (unpaired) electrons. The summed E-state index contributed by atoms with van der Waals surface area (Å²) in [5.41, 5.74) is 1.27. The van der Waals surface area contributed by atoms with Crippen LogP contribution in [0.4, 0.5) is 5.69 Å². The number of ether oxygens (including phenoxy) is 1. The Morgan fingerprint density at radius 2 is 2.25 bits per heavy atom. The summed E-state index contributed by atoms with van der Waals surface area (Å²) in [7, 11) is 1.70. The van der Waals surface area contributed by atoms with E-state index in [4.69, 9.17) is 4.74 Å². The number of benzene rings is 1. The van der Waals surface area contributed by atoms with Crippen molar-refractivity contribution in [3.05, 3.63) is 22.7 Å². The summed E-state index contributed by atoms with van der Waals surface area (Å²) in [6.07, 6.45) is 2.42. The highest BCUT2D eigenvalue weighted by Crippen LogP contribution is 2.30. The average molecular weight is 341 g/mol. The standard InChI is InChI=1S/C16H25BrN2O/c1-12(2)9-13-11-19(8-4-7-18-13)14-5-6-16(20-3)15(17)10-14/h5-6,10,12-13,18H,4,7-9,11H2,1-3H3. The van der Waals surface area contributed by atoms with Crippen molar-refractivity contribution in [1.82, 2.24) is 5.32 Å². The van der Waals surface area contributed by atoms with Gasteiger partial charge in [0, 0.05) is 24.8 Å². The molecule has 0 bridgehead atoms. The third-order valence-electron chi connectivity index (χ3n) is 3.74. The van der Waals surface area contributed by atoms with E-state index in [0.717, 1.165) is 35.8 Å². The number of nitrogens with one attached hydrogen (secondary N) is 1. The first-order valence-corrected chi connectivity index (χ1v) is 8.21. The van der Waals surface area contributed by atoms with E-state index in [1.807, 2.05) is 6.07 Å². The number of hydrogen-bond donors (Lipinski definition) is 1. The zero-order chi connectivity index (χ0) is 14.5. The monoisotopic (exact) mass is 340 g/mol. The molecule has 0 saturated carbocycles. The Morgan fingerprint density at radius 3 is 2.90 bits per heavy atom. The van der Waals surface area contributed by atoms with E-state index < -0.39 is 0 Å². The van der Waals surface area contributed by atoms with Crippen LogP contribution in [0.25, 0.3) is 0 Å². The Labute approximate surface area is 130 Å². The van der Waals surface area contributed by atoms with Crippen LogP contribution < -0.4 is 15.0 Å². The molecule has 2 rings (SSSR count). The van der Waals surface area contributed by atoms with E-state index in [-0.39, 0.29) is 0 Å². The Balaban J connectivity index is 2.11. The average Bonchev–Trinajstić information content (AvgIpc) is 2.63. The molecule has 1 atom stereocenters. The molecule has 1 aliphatic rings. The van der Waals surface area contributed by atoms with Crippen molar-refractivity contribution in [2.75, 3.05) is 31.6 Å². The van der Waals surface area contributed by atoms with E-state index in [2.05, 4.69) is 52.1 Å². The van der Waals surface area contributed by atoms with Crippen molar-refractivity contribution < 1.29 is 4.74 Å². The molecule has 0 spiro atoms. The van der Waals surface area contributed by atoms with Gasteiger partial charge >= 0.3 is 0 Å². The van der Waals surface area contributed by atoms with Crippen LogP contribution in [-0.4, -0.2) is 32.8 Å². The Bertz CT molecular complexity index is 436. The Morgan fingerprint density at radius 1 is 1.45 bits per heavy atom.